The summed E-state index contributed by atoms with van der Waals surface area (Å²) in [6, 6.07) is 15.9. The standard InChI is InChI=1S/C32H43N3O4S/c1-22-11-7-10-16-25(22)20-33-30(38)29-32(2,3)40-21-35(29)31(39)28(37)26(19-24-14-5-4-6-15-24)34-27(36)18-17-23-12-8-9-13-23/h4-7,10-11,14-16,23,26,28-29,37H,8-9,12-13,17-21H2,1-3H3,(H,33,38)(H,34,36)/t26-,28-,29+/m0/s1. The van der Waals surface area contributed by atoms with Crippen molar-refractivity contribution in [3.63, 3.8) is 0 Å². The first-order valence-electron chi connectivity index (χ1n) is 14.4. The second-order valence-corrected chi connectivity index (χ2v) is 13.3. The zero-order valence-corrected chi connectivity index (χ0v) is 24.7. The maximum Gasteiger partial charge on any atom is 0.254 e. The van der Waals surface area contributed by atoms with Crippen LogP contribution in [-0.2, 0) is 27.3 Å². The molecule has 4 rings (SSSR count). The molecule has 216 valence electrons. The Labute approximate surface area is 242 Å². The van der Waals surface area contributed by atoms with Gasteiger partial charge in [-0.25, -0.2) is 0 Å². The van der Waals surface area contributed by atoms with Crippen LogP contribution < -0.4 is 10.6 Å². The molecular formula is C32H43N3O4S. The Hall–Kier alpha value is -2.84. The van der Waals surface area contributed by atoms with Crippen LogP contribution in [-0.4, -0.2) is 56.5 Å². The molecule has 0 bridgehead atoms. The minimum Gasteiger partial charge on any atom is -0.381 e. The predicted molar refractivity (Wildman–Crippen MR) is 159 cm³/mol. The Morgan fingerprint density at radius 2 is 1.73 bits per heavy atom. The van der Waals surface area contributed by atoms with Crippen molar-refractivity contribution in [3.8, 4) is 0 Å². The smallest absolute Gasteiger partial charge is 0.254 e. The summed E-state index contributed by atoms with van der Waals surface area (Å²) in [5.74, 6) is -0.0693. The van der Waals surface area contributed by atoms with Gasteiger partial charge in [-0.05, 0) is 56.2 Å². The number of amides is 3. The first-order chi connectivity index (χ1) is 19.2. The molecule has 1 aliphatic carbocycles. The quantitative estimate of drug-likeness (QED) is 0.376. The van der Waals surface area contributed by atoms with Gasteiger partial charge in [0.2, 0.25) is 11.8 Å². The van der Waals surface area contributed by atoms with Crippen molar-refractivity contribution >= 4 is 29.5 Å². The van der Waals surface area contributed by atoms with Gasteiger partial charge >= 0.3 is 0 Å². The van der Waals surface area contributed by atoms with Crippen LogP contribution in [0.15, 0.2) is 54.6 Å². The van der Waals surface area contributed by atoms with E-state index in [1.807, 2.05) is 75.4 Å². The molecule has 0 radical (unpaired) electrons. The average Bonchev–Trinajstić information content (AvgIpc) is 3.58. The van der Waals surface area contributed by atoms with Gasteiger partial charge in [-0.15, -0.1) is 11.8 Å². The Bertz CT molecular complexity index is 1170. The van der Waals surface area contributed by atoms with E-state index in [4.69, 9.17) is 0 Å². The molecule has 3 N–H and O–H groups in total. The Balaban J connectivity index is 1.46. The van der Waals surface area contributed by atoms with E-state index in [1.54, 1.807) is 0 Å². The highest BCUT2D eigenvalue weighted by molar-refractivity contribution is 8.00. The number of thioether (sulfide) groups is 1. The summed E-state index contributed by atoms with van der Waals surface area (Å²) < 4.78 is -0.537. The fraction of sp³-hybridized carbons (Fsp3) is 0.531. The highest BCUT2D eigenvalue weighted by Gasteiger charge is 2.49. The lowest BCUT2D eigenvalue weighted by atomic mass is 9.96. The molecule has 2 aliphatic rings. The summed E-state index contributed by atoms with van der Waals surface area (Å²) in [7, 11) is 0. The van der Waals surface area contributed by atoms with E-state index in [1.165, 1.54) is 29.5 Å². The molecule has 1 saturated heterocycles. The predicted octanol–water partition coefficient (Wildman–Crippen LogP) is 4.35. The average molecular weight is 566 g/mol. The SMILES string of the molecule is Cc1ccccc1CNC(=O)[C@H]1N(C(=O)[C@@H](O)[C@H](Cc2ccccc2)NC(=O)CCC2CCCC2)CSC1(C)C. The van der Waals surface area contributed by atoms with Crippen LogP contribution in [0.25, 0.3) is 0 Å². The topological polar surface area (TPSA) is 98.7 Å². The lowest BCUT2D eigenvalue weighted by Crippen LogP contribution is -2.58. The summed E-state index contributed by atoms with van der Waals surface area (Å²) in [4.78, 5) is 41.7. The molecular weight excluding hydrogens is 522 g/mol. The van der Waals surface area contributed by atoms with Crippen LogP contribution >= 0.6 is 11.8 Å². The normalized spacial score (nSPS) is 20.2. The minimum absolute atomic E-state index is 0.150. The van der Waals surface area contributed by atoms with E-state index in [2.05, 4.69) is 10.6 Å². The fourth-order valence-electron chi connectivity index (χ4n) is 5.87. The maximum atomic E-state index is 13.8. The first-order valence-corrected chi connectivity index (χ1v) is 15.4. The van der Waals surface area contributed by atoms with Gasteiger partial charge in [-0.2, -0.15) is 0 Å². The van der Waals surface area contributed by atoms with Crippen LogP contribution in [0.1, 0.15) is 69.1 Å². The van der Waals surface area contributed by atoms with Crippen molar-refractivity contribution in [2.75, 3.05) is 5.88 Å². The molecule has 8 heteroatoms. The molecule has 1 aliphatic heterocycles. The van der Waals surface area contributed by atoms with E-state index < -0.39 is 28.8 Å². The molecule has 3 amide bonds. The van der Waals surface area contributed by atoms with Crippen LogP contribution in [0.3, 0.4) is 0 Å². The van der Waals surface area contributed by atoms with Crippen LogP contribution in [0.4, 0.5) is 0 Å². The molecule has 3 atom stereocenters. The number of aliphatic hydroxyl groups excluding tert-OH is 1. The number of nitrogens with zero attached hydrogens (tertiary/aromatic N) is 1. The first kappa shape index (κ1) is 30.1. The lowest BCUT2D eigenvalue weighted by molar-refractivity contribution is -0.147. The van der Waals surface area contributed by atoms with Crippen molar-refractivity contribution in [2.24, 2.45) is 5.92 Å². The molecule has 7 nitrogen and oxygen atoms in total. The van der Waals surface area contributed by atoms with Crippen molar-refractivity contribution in [1.82, 2.24) is 15.5 Å². The van der Waals surface area contributed by atoms with Gasteiger partial charge in [0.05, 0.1) is 11.9 Å². The van der Waals surface area contributed by atoms with Gasteiger partial charge in [0.1, 0.15) is 6.04 Å². The van der Waals surface area contributed by atoms with Gasteiger partial charge < -0.3 is 20.6 Å². The number of hydrogen-bond donors (Lipinski definition) is 3. The molecule has 1 saturated carbocycles. The van der Waals surface area contributed by atoms with Crippen LogP contribution in [0.5, 0.6) is 0 Å². The summed E-state index contributed by atoms with van der Waals surface area (Å²) >= 11 is 1.51. The molecule has 2 aromatic carbocycles. The summed E-state index contributed by atoms with van der Waals surface area (Å²) in [5, 5.41) is 17.4. The van der Waals surface area contributed by atoms with Gasteiger partial charge in [-0.1, -0.05) is 80.3 Å². The highest BCUT2D eigenvalue weighted by atomic mass is 32.2. The van der Waals surface area contributed by atoms with Crippen LogP contribution in [0, 0.1) is 12.8 Å². The minimum atomic E-state index is -1.48. The molecule has 40 heavy (non-hydrogen) atoms. The maximum absolute atomic E-state index is 13.8. The van der Waals surface area contributed by atoms with Crippen LogP contribution in [0.2, 0.25) is 0 Å². The number of carbonyl (C=O) groups excluding carboxylic acids is 3. The van der Waals surface area contributed by atoms with E-state index in [-0.39, 0.29) is 11.8 Å². The zero-order valence-electron chi connectivity index (χ0n) is 23.9. The molecule has 2 fully saturated rings. The lowest BCUT2D eigenvalue weighted by Gasteiger charge is -2.33. The Morgan fingerprint density at radius 1 is 1.05 bits per heavy atom. The molecule has 2 aromatic rings. The largest absolute Gasteiger partial charge is 0.381 e. The molecule has 0 aromatic heterocycles. The third-order valence-corrected chi connectivity index (χ3v) is 9.70. The third-order valence-electron chi connectivity index (χ3n) is 8.32. The summed E-state index contributed by atoms with van der Waals surface area (Å²) in [6.45, 7) is 6.25. The number of aryl methyl sites for hydroxylation is 1. The highest BCUT2D eigenvalue weighted by Crippen LogP contribution is 2.40. The fourth-order valence-corrected chi connectivity index (χ4v) is 7.01. The number of nitrogens with one attached hydrogen (secondary N) is 2. The molecule has 1 heterocycles. The van der Waals surface area contributed by atoms with Crippen molar-refractivity contribution in [2.45, 2.75) is 95.2 Å². The van der Waals surface area contributed by atoms with Gasteiger partial charge in [0.15, 0.2) is 6.10 Å². The second kappa shape index (κ2) is 13.7. The van der Waals surface area contributed by atoms with Gasteiger partial charge in [-0.3, -0.25) is 14.4 Å². The monoisotopic (exact) mass is 565 g/mol. The van der Waals surface area contributed by atoms with Gasteiger partial charge in [0, 0.05) is 17.7 Å². The van der Waals surface area contributed by atoms with E-state index in [0.717, 1.165) is 36.0 Å². The number of benzene rings is 2. The number of aliphatic hydroxyl groups is 1. The number of rotatable bonds is 11. The third kappa shape index (κ3) is 7.67. The Morgan fingerprint density at radius 3 is 2.42 bits per heavy atom. The van der Waals surface area contributed by atoms with E-state index in [0.29, 0.717) is 31.2 Å². The van der Waals surface area contributed by atoms with Crippen molar-refractivity contribution < 1.29 is 19.5 Å². The number of hydrogen-bond acceptors (Lipinski definition) is 5. The van der Waals surface area contributed by atoms with E-state index in [9.17, 15) is 19.5 Å². The van der Waals surface area contributed by atoms with Crippen molar-refractivity contribution in [1.29, 1.82) is 0 Å². The zero-order chi connectivity index (χ0) is 28.7. The molecule has 0 spiro atoms. The van der Waals surface area contributed by atoms with Crippen molar-refractivity contribution in [3.05, 3.63) is 71.3 Å². The second-order valence-electron chi connectivity index (χ2n) is 11.7. The summed E-state index contributed by atoms with van der Waals surface area (Å²) in [6.07, 6.45) is 4.82. The summed E-state index contributed by atoms with van der Waals surface area (Å²) in [5.41, 5.74) is 3.01. The number of carbonyl (C=O) groups is 3. The van der Waals surface area contributed by atoms with Gasteiger partial charge in [0.25, 0.3) is 5.91 Å². The Kier molecular flexibility index (Phi) is 10.3. The molecule has 0 unspecified atom stereocenters. The van der Waals surface area contributed by atoms with E-state index >= 15 is 0 Å².